The number of rotatable bonds is 4. The van der Waals surface area contributed by atoms with Crippen molar-refractivity contribution in [2.24, 2.45) is 0 Å². The molecule has 30 heavy (non-hydrogen) atoms. The highest BCUT2D eigenvalue weighted by atomic mass is 19.4. The average molecular weight is 415 g/mol. The number of benzene rings is 2. The van der Waals surface area contributed by atoms with Crippen LogP contribution < -0.4 is 0 Å². The molecule has 1 aliphatic rings. The van der Waals surface area contributed by atoms with Crippen LogP contribution >= 0.6 is 0 Å². The largest absolute Gasteiger partial charge is 0.416 e. The minimum Gasteiger partial charge on any atom is -0.355 e. The molecule has 1 aliphatic heterocycles. The zero-order chi connectivity index (χ0) is 21.1. The molecule has 0 atom stereocenters. The number of piperazine rings is 1. The molecule has 0 unspecified atom stereocenters. The van der Waals surface area contributed by atoms with Gasteiger partial charge in [-0.1, -0.05) is 53.7 Å². The first kappa shape index (κ1) is 20.2. The van der Waals surface area contributed by atoms with Crippen LogP contribution in [0.25, 0.3) is 11.3 Å². The number of alkyl halides is 3. The predicted octanol–water partition coefficient (Wildman–Crippen LogP) is 4.32. The van der Waals surface area contributed by atoms with Crippen LogP contribution in [0.2, 0.25) is 0 Å². The van der Waals surface area contributed by atoms with Gasteiger partial charge in [0, 0.05) is 44.4 Å². The van der Waals surface area contributed by atoms with E-state index in [0.29, 0.717) is 44.0 Å². The number of halogens is 3. The molecule has 0 aliphatic carbocycles. The predicted molar refractivity (Wildman–Crippen MR) is 105 cm³/mol. The third-order valence-corrected chi connectivity index (χ3v) is 5.11. The molecular formula is C22H20F3N3O2. The third-order valence-electron chi connectivity index (χ3n) is 5.11. The van der Waals surface area contributed by atoms with Crippen LogP contribution in [0.1, 0.15) is 21.6 Å². The van der Waals surface area contributed by atoms with Crippen molar-refractivity contribution in [3.05, 3.63) is 77.5 Å². The van der Waals surface area contributed by atoms with E-state index >= 15 is 0 Å². The lowest BCUT2D eigenvalue weighted by atomic mass is 10.1. The van der Waals surface area contributed by atoms with Gasteiger partial charge in [0.25, 0.3) is 5.91 Å². The molecule has 0 N–H and O–H groups in total. The van der Waals surface area contributed by atoms with E-state index in [9.17, 15) is 18.0 Å². The second kappa shape index (κ2) is 8.31. The summed E-state index contributed by atoms with van der Waals surface area (Å²) in [4.78, 5) is 16.5. The Bertz CT molecular complexity index is 1010. The molecule has 8 heteroatoms. The van der Waals surface area contributed by atoms with E-state index in [0.717, 1.165) is 11.6 Å². The highest BCUT2D eigenvalue weighted by Crippen LogP contribution is 2.30. The minimum atomic E-state index is -4.35. The summed E-state index contributed by atoms with van der Waals surface area (Å²) in [6.45, 7) is 2.52. The minimum absolute atomic E-state index is 0.209. The van der Waals surface area contributed by atoms with E-state index in [1.807, 2.05) is 35.2 Å². The summed E-state index contributed by atoms with van der Waals surface area (Å²) in [5, 5.41) is 3.90. The van der Waals surface area contributed by atoms with E-state index in [1.165, 1.54) is 12.1 Å². The lowest BCUT2D eigenvalue weighted by Gasteiger charge is -2.34. The van der Waals surface area contributed by atoms with Crippen LogP contribution in [0, 0.1) is 0 Å². The topological polar surface area (TPSA) is 49.6 Å². The monoisotopic (exact) mass is 415 g/mol. The Morgan fingerprint density at radius 3 is 2.40 bits per heavy atom. The molecule has 1 amide bonds. The Morgan fingerprint density at radius 1 is 0.967 bits per heavy atom. The maximum Gasteiger partial charge on any atom is 0.416 e. The summed E-state index contributed by atoms with van der Waals surface area (Å²) in [6.07, 6.45) is -4.35. The molecule has 2 heterocycles. The van der Waals surface area contributed by atoms with Gasteiger partial charge in [-0.15, -0.1) is 0 Å². The number of hydrogen-bond donors (Lipinski definition) is 0. The van der Waals surface area contributed by atoms with Crippen LogP contribution in [0.5, 0.6) is 0 Å². The molecule has 156 valence electrons. The highest BCUT2D eigenvalue weighted by Gasteiger charge is 2.31. The van der Waals surface area contributed by atoms with Crippen molar-refractivity contribution >= 4 is 5.91 Å². The Balaban J connectivity index is 1.35. The summed E-state index contributed by atoms with van der Waals surface area (Å²) in [5.74, 6) is 0.321. The molecule has 0 radical (unpaired) electrons. The SMILES string of the molecule is O=C(c1cc(-c2ccccc2)on1)N1CCN(Cc2cccc(C(F)(F)F)c2)CC1. The van der Waals surface area contributed by atoms with Gasteiger partial charge in [-0.05, 0) is 11.6 Å². The van der Waals surface area contributed by atoms with Crippen molar-refractivity contribution in [3.63, 3.8) is 0 Å². The lowest BCUT2D eigenvalue weighted by Crippen LogP contribution is -2.48. The summed E-state index contributed by atoms with van der Waals surface area (Å²) in [6, 6.07) is 16.4. The molecule has 3 aromatic rings. The summed E-state index contributed by atoms with van der Waals surface area (Å²) >= 11 is 0. The van der Waals surface area contributed by atoms with Crippen molar-refractivity contribution < 1.29 is 22.5 Å². The van der Waals surface area contributed by atoms with Crippen molar-refractivity contribution in [1.29, 1.82) is 0 Å². The quantitative estimate of drug-likeness (QED) is 0.637. The van der Waals surface area contributed by atoms with Crippen molar-refractivity contribution in [1.82, 2.24) is 15.0 Å². The summed E-state index contributed by atoms with van der Waals surface area (Å²) < 4.78 is 44.0. The smallest absolute Gasteiger partial charge is 0.355 e. The Hall–Kier alpha value is -3.13. The van der Waals surface area contributed by atoms with Gasteiger partial charge in [-0.25, -0.2) is 0 Å². The fraction of sp³-hybridized carbons (Fsp3) is 0.273. The Kier molecular flexibility index (Phi) is 5.59. The second-order valence-corrected chi connectivity index (χ2v) is 7.21. The van der Waals surface area contributed by atoms with Crippen LogP contribution in [0.4, 0.5) is 13.2 Å². The average Bonchev–Trinajstić information content (AvgIpc) is 3.24. The normalized spacial score (nSPS) is 15.4. The van der Waals surface area contributed by atoms with Gasteiger partial charge in [0.15, 0.2) is 11.5 Å². The molecule has 1 fully saturated rings. The number of hydrogen-bond acceptors (Lipinski definition) is 4. The molecule has 1 aromatic heterocycles. The highest BCUT2D eigenvalue weighted by molar-refractivity contribution is 5.93. The molecule has 0 saturated carbocycles. The molecule has 4 rings (SSSR count). The fourth-order valence-corrected chi connectivity index (χ4v) is 3.49. The Morgan fingerprint density at radius 2 is 1.70 bits per heavy atom. The maximum atomic E-state index is 12.9. The van der Waals surface area contributed by atoms with E-state index in [-0.39, 0.29) is 11.6 Å². The molecule has 5 nitrogen and oxygen atoms in total. The van der Waals surface area contributed by atoms with E-state index < -0.39 is 11.7 Å². The van der Waals surface area contributed by atoms with Gasteiger partial charge in [-0.3, -0.25) is 9.69 Å². The number of carbonyl (C=O) groups is 1. The van der Waals surface area contributed by atoms with Gasteiger partial charge in [-0.2, -0.15) is 13.2 Å². The number of amides is 1. The van der Waals surface area contributed by atoms with Gasteiger partial charge >= 0.3 is 6.18 Å². The first-order valence-electron chi connectivity index (χ1n) is 9.60. The van der Waals surface area contributed by atoms with Crippen molar-refractivity contribution in [2.75, 3.05) is 26.2 Å². The van der Waals surface area contributed by atoms with Crippen LogP contribution in [-0.4, -0.2) is 47.0 Å². The van der Waals surface area contributed by atoms with E-state index in [1.54, 1.807) is 17.0 Å². The first-order chi connectivity index (χ1) is 14.4. The van der Waals surface area contributed by atoms with E-state index in [2.05, 4.69) is 5.16 Å². The molecule has 0 spiro atoms. The lowest BCUT2D eigenvalue weighted by molar-refractivity contribution is -0.137. The summed E-state index contributed by atoms with van der Waals surface area (Å²) in [7, 11) is 0. The maximum absolute atomic E-state index is 12.9. The second-order valence-electron chi connectivity index (χ2n) is 7.21. The third kappa shape index (κ3) is 4.54. The van der Waals surface area contributed by atoms with Gasteiger partial charge in [0.2, 0.25) is 0 Å². The van der Waals surface area contributed by atoms with Gasteiger partial charge in [0.05, 0.1) is 5.56 Å². The molecule has 0 bridgehead atoms. The molecule has 1 saturated heterocycles. The van der Waals surface area contributed by atoms with Crippen LogP contribution in [0.15, 0.2) is 65.2 Å². The fourth-order valence-electron chi connectivity index (χ4n) is 3.49. The van der Waals surface area contributed by atoms with Crippen molar-refractivity contribution in [2.45, 2.75) is 12.7 Å². The molecule has 2 aromatic carbocycles. The zero-order valence-corrected chi connectivity index (χ0v) is 16.1. The first-order valence-corrected chi connectivity index (χ1v) is 9.60. The summed E-state index contributed by atoms with van der Waals surface area (Å²) in [5.41, 5.74) is 1.05. The van der Waals surface area contributed by atoms with Crippen LogP contribution in [-0.2, 0) is 12.7 Å². The van der Waals surface area contributed by atoms with Gasteiger partial charge in [0.1, 0.15) is 0 Å². The number of nitrogens with zero attached hydrogens (tertiary/aromatic N) is 3. The van der Waals surface area contributed by atoms with Crippen molar-refractivity contribution in [3.8, 4) is 11.3 Å². The number of carbonyl (C=O) groups excluding carboxylic acids is 1. The standard InChI is InChI=1S/C22H20F3N3O2/c23-22(24,25)18-8-4-5-16(13-18)15-27-9-11-28(12-10-27)21(29)19-14-20(30-26-19)17-6-2-1-3-7-17/h1-8,13-14H,9-12,15H2. The Labute approximate surface area is 171 Å². The molecular weight excluding hydrogens is 395 g/mol. The van der Waals surface area contributed by atoms with Gasteiger partial charge < -0.3 is 9.42 Å². The van der Waals surface area contributed by atoms with Crippen LogP contribution in [0.3, 0.4) is 0 Å². The van der Waals surface area contributed by atoms with E-state index in [4.69, 9.17) is 4.52 Å². The zero-order valence-electron chi connectivity index (χ0n) is 16.1. The number of aromatic nitrogens is 1.